The summed E-state index contributed by atoms with van der Waals surface area (Å²) < 4.78 is 40.9. The lowest BCUT2D eigenvalue weighted by Crippen LogP contribution is -2.17. The van der Waals surface area contributed by atoms with Gasteiger partial charge < -0.3 is 15.7 Å². The van der Waals surface area contributed by atoms with Crippen molar-refractivity contribution in [2.45, 2.75) is 13.1 Å². The van der Waals surface area contributed by atoms with E-state index in [0.29, 0.717) is 0 Å². The summed E-state index contributed by atoms with van der Waals surface area (Å²) in [6.45, 7) is 1.83. The molecular weight excluding hydrogens is 475 g/mol. The van der Waals surface area contributed by atoms with Crippen LogP contribution in [0.5, 0.6) is 0 Å². The van der Waals surface area contributed by atoms with Crippen LogP contribution < -0.4 is 10.6 Å². The minimum Gasteiger partial charge on any atom is -0.478 e. The quantitative estimate of drug-likeness (QED) is 0.309. The molecule has 0 aliphatic rings. The minimum absolute atomic E-state index is 0.00810. The van der Waals surface area contributed by atoms with E-state index in [1.807, 2.05) is 6.92 Å². The zero-order valence-corrected chi connectivity index (χ0v) is 18.7. The third-order valence-corrected chi connectivity index (χ3v) is 5.00. The maximum Gasteiger partial charge on any atom is 0.416 e. The molecule has 36 heavy (non-hydrogen) atoms. The highest BCUT2D eigenvalue weighted by Crippen LogP contribution is 2.34. The van der Waals surface area contributed by atoms with Crippen molar-refractivity contribution in [1.82, 2.24) is 0 Å². The number of aryl methyl sites for hydroxylation is 1. The SMILES string of the molecule is Cc1ccc(C(=O)Nc2ccc(C(F)(F)F)c(/C=C(\C#N)C(=O)Nc3ccccc3C(=O)O)c2)cc1. The largest absolute Gasteiger partial charge is 0.478 e. The zero-order valence-electron chi connectivity index (χ0n) is 18.7. The number of halogens is 3. The number of carbonyl (C=O) groups is 3. The lowest BCUT2D eigenvalue weighted by molar-refractivity contribution is -0.137. The summed E-state index contributed by atoms with van der Waals surface area (Å²) in [7, 11) is 0. The molecule has 0 bridgehead atoms. The Balaban J connectivity index is 1.96. The molecule has 0 radical (unpaired) electrons. The van der Waals surface area contributed by atoms with Crippen molar-refractivity contribution in [2.24, 2.45) is 0 Å². The van der Waals surface area contributed by atoms with Crippen molar-refractivity contribution in [2.75, 3.05) is 10.6 Å². The monoisotopic (exact) mass is 493 g/mol. The van der Waals surface area contributed by atoms with Gasteiger partial charge in [-0.2, -0.15) is 18.4 Å². The predicted octanol–water partition coefficient (Wildman–Crippen LogP) is 5.51. The van der Waals surface area contributed by atoms with Gasteiger partial charge in [0.05, 0.1) is 16.8 Å². The lowest BCUT2D eigenvalue weighted by Gasteiger charge is -2.14. The average molecular weight is 493 g/mol. The van der Waals surface area contributed by atoms with Gasteiger partial charge in [-0.3, -0.25) is 9.59 Å². The fourth-order valence-corrected chi connectivity index (χ4v) is 3.20. The molecule has 2 amide bonds. The van der Waals surface area contributed by atoms with Gasteiger partial charge in [-0.15, -0.1) is 0 Å². The minimum atomic E-state index is -4.82. The number of benzene rings is 3. The topological polar surface area (TPSA) is 119 Å². The second-order valence-electron chi connectivity index (χ2n) is 7.59. The summed E-state index contributed by atoms with van der Waals surface area (Å²) >= 11 is 0. The molecule has 0 fully saturated rings. The number of rotatable bonds is 6. The Morgan fingerprint density at radius 2 is 1.64 bits per heavy atom. The molecule has 0 saturated heterocycles. The van der Waals surface area contributed by atoms with Crippen LogP contribution >= 0.6 is 0 Å². The summed E-state index contributed by atoms with van der Waals surface area (Å²) in [4.78, 5) is 36.4. The highest BCUT2D eigenvalue weighted by atomic mass is 19.4. The summed E-state index contributed by atoms with van der Waals surface area (Å²) in [5, 5.41) is 23.4. The van der Waals surface area contributed by atoms with Crippen molar-refractivity contribution in [3.8, 4) is 6.07 Å². The van der Waals surface area contributed by atoms with E-state index in [9.17, 15) is 37.9 Å². The summed E-state index contributed by atoms with van der Waals surface area (Å²) in [6.07, 6.45) is -4.10. The molecule has 7 nitrogen and oxygen atoms in total. The fourth-order valence-electron chi connectivity index (χ4n) is 3.20. The Bertz CT molecular complexity index is 1410. The van der Waals surface area contributed by atoms with Crippen molar-refractivity contribution in [3.05, 3.63) is 100 Å². The molecule has 0 aliphatic carbocycles. The van der Waals surface area contributed by atoms with E-state index >= 15 is 0 Å². The number of nitrogens with zero attached hydrogens (tertiary/aromatic N) is 1. The van der Waals surface area contributed by atoms with Gasteiger partial charge in [0.15, 0.2) is 0 Å². The molecule has 0 aliphatic heterocycles. The number of amides is 2. The first-order valence-electron chi connectivity index (χ1n) is 10.3. The van der Waals surface area contributed by atoms with Crippen LogP contribution in [0.4, 0.5) is 24.5 Å². The molecule has 0 heterocycles. The first-order valence-corrected chi connectivity index (χ1v) is 10.3. The molecule has 10 heteroatoms. The average Bonchev–Trinajstić information content (AvgIpc) is 2.82. The van der Waals surface area contributed by atoms with Crippen molar-refractivity contribution < 1.29 is 32.7 Å². The van der Waals surface area contributed by atoms with Crippen molar-refractivity contribution >= 4 is 35.2 Å². The smallest absolute Gasteiger partial charge is 0.416 e. The molecule has 182 valence electrons. The van der Waals surface area contributed by atoms with Crippen LogP contribution in [0.1, 0.15) is 37.4 Å². The standard InChI is InChI=1S/C26H18F3N3O4/c1-15-6-8-16(9-7-15)23(33)31-19-10-11-21(26(27,28)29)17(13-19)12-18(14-30)24(34)32-22-5-3-2-4-20(22)25(35)36/h2-13H,1H3,(H,31,33)(H,32,34)(H,35,36)/b18-12+. The first-order chi connectivity index (χ1) is 17.0. The number of hydrogen-bond acceptors (Lipinski definition) is 4. The number of carboxylic acids is 1. The summed E-state index contributed by atoms with van der Waals surface area (Å²) in [5.41, 5.74) is -1.57. The van der Waals surface area contributed by atoms with E-state index in [0.717, 1.165) is 29.8 Å². The molecule has 0 spiro atoms. The number of aromatic carboxylic acids is 1. The highest BCUT2D eigenvalue weighted by molar-refractivity contribution is 6.12. The Hall–Kier alpha value is -4.91. The fraction of sp³-hybridized carbons (Fsp3) is 0.0769. The van der Waals surface area contributed by atoms with Gasteiger partial charge in [0.25, 0.3) is 11.8 Å². The third kappa shape index (κ3) is 6.15. The number of carboxylic acid groups (broad SMARTS) is 1. The van der Waals surface area contributed by atoms with Crippen LogP contribution in [0.15, 0.2) is 72.3 Å². The highest BCUT2D eigenvalue weighted by Gasteiger charge is 2.33. The van der Waals surface area contributed by atoms with E-state index in [-0.39, 0.29) is 22.5 Å². The molecule has 0 atom stereocenters. The number of nitriles is 1. The van der Waals surface area contributed by atoms with Crippen LogP contribution in [0, 0.1) is 18.3 Å². The number of hydrogen-bond donors (Lipinski definition) is 3. The van der Waals surface area contributed by atoms with Crippen molar-refractivity contribution in [3.63, 3.8) is 0 Å². The zero-order chi connectivity index (χ0) is 26.5. The Labute approximate surface area is 203 Å². The molecule has 3 aromatic rings. The maximum absolute atomic E-state index is 13.6. The number of para-hydroxylation sites is 1. The van der Waals surface area contributed by atoms with Gasteiger partial charge in [0.1, 0.15) is 11.6 Å². The summed E-state index contributed by atoms with van der Waals surface area (Å²) in [6, 6.07) is 16.2. The van der Waals surface area contributed by atoms with Gasteiger partial charge >= 0.3 is 12.1 Å². The van der Waals surface area contributed by atoms with E-state index < -0.39 is 40.7 Å². The van der Waals surface area contributed by atoms with Gasteiger partial charge in [-0.25, -0.2) is 4.79 Å². The maximum atomic E-state index is 13.6. The predicted molar refractivity (Wildman–Crippen MR) is 126 cm³/mol. The summed E-state index contributed by atoms with van der Waals surface area (Å²) in [5.74, 6) is -3.01. The molecule has 0 aromatic heterocycles. The van der Waals surface area contributed by atoms with Crippen LogP contribution in [-0.2, 0) is 11.0 Å². The van der Waals surface area contributed by atoms with E-state index in [1.54, 1.807) is 24.3 Å². The van der Waals surface area contributed by atoms with Crippen LogP contribution in [0.25, 0.3) is 6.08 Å². The second kappa shape index (κ2) is 10.6. The number of nitrogens with one attached hydrogen (secondary N) is 2. The van der Waals surface area contributed by atoms with E-state index in [2.05, 4.69) is 10.6 Å². The normalized spacial score (nSPS) is 11.4. The number of anilines is 2. The number of carbonyl (C=O) groups excluding carboxylic acids is 2. The van der Waals surface area contributed by atoms with Gasteiger partial charge in [-0.05, 0) is 61.0 Å². The molecule has 3 rings (SSSR count). The van der Waals surface area contributed by atoms with Gasteiger partial charge in [-0.1, -0.05) is 29.8 Å². The molecular formula is C26H18F3N3O4. The molecule has 0 saturated carbocycles. The Morgan fingerprint density at radius 3 is 2.25 bits per heavy atom. The van der Waals surface area contributed by atoms with Crippen molar-refractivity contribution in [1.29, 1.82) is 5.26 Å². The molecule has 3 N–H and O–H groups in total. The second-order valence-corrected chi connectivity index (χ2v) is 7.59. The Morgan fingerprint density at radius 1 is 0.972 bits per heavy atom. The van der Waals surface area contributed by atoms with E-state index in [1.165, 1.54) is 30.3 Å². The van der Waals surface area contributed by atoms with Gasteiger partial charge in [0, 0.05) is 11.3 Å². The van der Waals surface area contributed by atoms with E-state index in [4.69, 9.17) is 0 Å². The third-order valence-electron chi connectivity index (χ3n) is 5.00. The Kier molecular flexibility index (Phi) is 7.55. The lowest BCUT2D eigenvalue weighted by atomic mass is 10.0. The van der Waals surface area contributed by atoms with Crippen LogP contribution in [0.3, 0.4) is 0 Å². The van der Waals surface area contributed by atoms with Crippen LogP contribution in [0.2, 0.25) is 0 Å². The van der Waals surface area contributed by atoms with Crippen LogP contribution in [-0.4, -0.2) is 22.9 Å². The molecule has 3 aromatic carbocycles. The van der Waals surface area contributed by atoms with Gasteiger partial charge in [0.2, 0.25) is 0 Å². The first kappa shape index (κ1) is 25.7. The number of alkyl halides is 3. The molecule has 0 unspecified atom stereocenters.